The van der Waals surface area contributed by atoms with Crippen molar-refractivity contribution < 1.29 is 0 Å². The quantitative estimate of drug-likeness (QED) is 0.303. The van der Waals surface area contributed by atoms with Crippen LogP contribution in [0.1, 0.15) is 40.0 Å². The summed E-state index contributed by atoms with van der Waals surface area (Å²) in [4.78, 5) is 6.57. The van der Waals surface area contributed by atoms with Gasteiger partial charge in [0.1, 0.15) is 0 Å². The van der Waals surface area contributed by atoms with Gasteiger partial charge in [-0.1, -0.05) is 20.3 Å². The van der Waals surface area contributed by atoms with Crippen LogP contribution in [0.5, 0.6) is 0 Å². The van der Waals surface area contributed by atoms with Crippen molar-refractivity contribution in [3.05, 3.63) is 0 Å². The van der Waals surface area contributed by atoms with Gasteiger partial charge in [-0.2, -0.15) is 0 Å². The van der Waals surface area contributed by atoms with Crippen molar-refractivity contribution in [3.63, 3.8) is 0 Å². The Kier molecular flexibility index (Phi) is 14.1. The fraction of sp³-hybridized carbons (Fsp3) is 0.917. The molecule has 0 aromatic rings. The minimum atomic E-state index is 0. The predicted molar refractivity (Wildman–Crippen MR) is 87.2 cm³/mol. The van der Waals surface area contributed by atoms with Crippen molar-refractivity contribution >= 4 is 29.9 Å². The van der Waals surface area contributed by atoms with E-state index in [9.17, 15) is 0 Å². The molecule has 0 aromatic heterocycles. The molecule has 4 nitrogen and oxygen atoms in total. The summed E-state index contributed by atoms with van der Waals surface area (Å²) in [6.07, 6.45) is 3.44. The third-order valence-corrected chi connectivity index (χ3v) is 2.91. The van der Waals surface area contributed by atoms with Gasteiger partial charge in [0, 0.05) is 25.7 Å². The topological polar surface area (TPSA) is 53.6 Å². The molecule has 0 amide bonds. The van der Waals surface area contributed by atoms with Gasteiger partial charge in [-0.05, 0) is 26.8 Å². The zero-order valence-electron chi connectivity index (χ0n) is 11.7. The predicted octanol–water partition coefficient (Wildman–Crippen LogP) is 2.04. The lowest BCUT2D eigenvalue weighted by Crippen LogP contribution is -2.39. The number of guanidine groups is 1. The van der Waals surface area contributed by atoms with Crippen molar-refractivity contribution in [2.45, 2.75) is 46.1 Å². The Morgan fingerprint density at radius 1 is 1.41 bits per heavy atom. The minimum absolute atomic E-state index is 0. The molecule has 17 heavy (non-hydrogen) atoms. The molecule has 0 aliphatic carbocycles. The highest BCUT2D eigenvalue weighted by atomic mass is 127. The molecule has 104 valence electrons. The van der Waals surface area contributed by atoms with E-state index < -0.39 is 0 Å². The van der Waals surface area contributed by atoms with Gasteiger partial charge >= 0.3 is 0 Å². The zero-order chi connectivity index (χ0) is 12.4. The van der Waals surface area contributed by atoms with Crippen molar-refractivity contribution in [2.24, 2.45) is 10.7 Å². The molecule has 0 fully saturated rings. The molecule has 0 bridgehead atoms. The maximum absolute atomic E-state index is 5.73. The Morgan fingerprint density at radius 2 is 2.06 bits per heavy atom. The monoisotopic (exact) mass is 356 g/mol. The van der Waals surface area contributed by atoms with Crippen LogP contribution in [0.25, 0.3) is 0 Å². The highest BCUT2D eigenvalue weighted by Gasteiger charge is 2.05. The lowest BCUT2D eigenvalue weighted by molar-refractivity contribution is 0.256. The zero-order valence-corrected chi connectivity index (χ0v) is 14.0. The van der Waals surface area contributed by atoms with E-state index in [0.717, 1.165) is 32.5 Å². The van der Waals surface area contributed by atoms with Gasteiger partial charge in [-0.15, -0.1) is 24.0 Å². The fourth-order valence-electron chi connectivity index (χ4n) is 1.31. The van der Waals surface area contributed by atoms with E-state index in [1.54, 1.807) is 0 Å². The molecule has 0 radical (unpaired) electrons. The van der Waals surface area contributed by atoms with Crippen LogP contribution in [0, 0.1) is 0 Å². The van der Waals surface area contributed by atoms with Crippen molar-refractivity contribution in [1.82, 2.24) is 10.2 Å². The summed E-state index contributed by atoms with van der Waals surface area (Å²) in [5, 5.41) is 3.14. The van der Waals surface area contributed by atoms with E-state index in [0.29, 0.717) is 12.0 Å². The van der Waals surface area contributed by atoms with Crippen LogP contribution >= 0.6 is 24.0 Å². The number of aliphatic imine (C=N–C) groups is 1. The van der Waals surface area contributed by atoms with Crippen LogP contribution in [0.2, 0.25) is 0 Å². The molecular formula is C12H29IN4. The van der Waals surface area contributed by atoms with Gasteiger partial charge in [0.05, 0.1) is 0 Å². The van der Waals surface area contributed by atoms with E-state index in [4.69, 9.17) is 5.73 Å². The van der Waals surface area contributed by atoms with Gasteiger partial charge < -0.3 is 16.0 Å². The summed E-state index contributed by atoms with van der Waals surface area (Å²) in [5.74, 6) is 0.575. The first-order chi connectivity index (χ1) is 7.61. The number of nitrogens with two attached hydrogens (primary N) is 1. The van der Waals surface area contributed by atoms with Crippen molar-refractivity contribution in [3.8, 4) is 0 Å². The second kappa shape index (κ2) is 12.4. The average Bonchev–Trinajstić information content (AvgIpc) is 2.28. The molecule has 0 aliphatic rings. The molecule has 0 saturated carbocycles. The Morgan fingerprint density at radius 3 is 2.59 bits per heavy atom. The number of hydrogen-bond acceptors (Lipinski definition) is 2. The minimum Gasteiger partial charge on any atom is -0.370 e. The van der Waals surface area contributed by atoms with Crippen molar-refractivity contribution in [1.29, 1.82) is 0 Å². The Hall–Kier alpha value is -0.0400. The third kappa shape index (κ3) is 10.8. The summed E-state index contributed by atoms with van der Waals surface area (Å²) in [6, 6.07) is 0.625. The summed E-state index contributed by atoms with van der Waals surface area (Å²) in [6.45, 7) is 9.28. The second-order valence-electron chi connectivity index (χ2n) is 4.29. The van der Waals surface area contributed by atoms with Gasteiger partial charge in [-0.25, -0.2) is 0 Å². The summed E-state index contributed by atoms with van der Waals surface area (Å²) >= 11 is 0. The normalized spacial score (nSPS) is 13.4. The van der Waals surface area contributed by atoms with Crippen LogP contribution in [0.4, 0.5) is 0 Å². The number of halogens is 1. The summed E-state index contributed by atoms with van der Waals surface area (Å²) in [7, 11) is 2.14. The van der Waals surface area contributed by atoms with E-state index in [2.05, 4.69) is 43.0 Å². The molecule has 0 rings (SSSR count). The molecule has 0 spiro atoms. The molecular weight excluding hydrogens is 327 g/mol. The van der Waals surface area contributed by atoms with Gasteiger partial charge in [0.2, 0.25) is 0 Å². The van der Waals surface area contributed by atoms with Crippen LogP contribution in [0.15, 0.2) is 4.99 Å². The summed E-state index contributed by atoms with van der Waals surface area (Å²) in [5.41, 5.74) is 5.73. The molecule has 0 aliphatic heterocycles. The largest absolute Gasteiger partial charge is 0.370 e. The van der Waals surface area contributed by atoms with Gasteiger partial charge in [0.15, 0.2) is 5.96 Å². The first kappa shape index (κ1) is 19.3. The molecule has 0 saturated heterocycles. The standard InChI is InChI=1S/C12H28N4.HI/c1-5-7-8-14-12(13)15-9-10-16(4)11(3)6-2;/h11H,5-10H2,1-4H3,(H3,13,14,15);1H. The van der Waals surface area contributed by atoms with Crippen LogP contribution in [0.3, 0.4) is 0 Å². The van der Waals surface area contributed by atoms with Gasteiger partial charge in [-0.3, -0.25) is 4.99 Å². The molecule has 1 unspecified atom stereocenters. The SMILES string of the molecule is CCCCN=C(N)NCCN(C)C(C)CC.I. The molecule has 0 heterocycles. The van der Waals surface area contributed by atoms with E-state index in [1.807, 2.05) is 0 Å². The molecule has 3 N–H and O–H groups in total. The maximum Gasteiger partial charge on any atom is 0.188 e. The molecule has 0 aromatic carbocycles. The Labute approximate surface area is 123 Å². The number of unbranched alkanes of at least 4 members (excludes halogenated alkanes) is 1. The average molecular weight is 356 g/mol. The van der Waals surface area contributed by atoms with Crippen LogP contribution in [-0.2, 0) is 0 Å². The van der Waals surface area contributed by atoms with E-state index >= 15 is 0 Å². The first-order valence-electron chi connectivity index (χ1n) is 6.35. The van der Waals surface area contributed by atoms with E-state index in [-0.39, 0.29) is 24.0 Å². The lowest BCUT2D eigenvalue weighted by Gasteiger charge is -2.23. The number of nitrogens with zero attached hydrogens (tertiary/aromatic N) is 2. The molecule has 5 heteroatoms. The van der Waals surface area contributed by atoms with Crippen LogP contribution < -0.4 is 11.1 Å². The number of nitrogens with one attached hydrogen (secondary N) is 1. The Bertz CT molecular complexity index is 197. The number of likely N-dealkylation sites (N-methyl/N-ethyl adjacent to an activating group) is 1. The van der Waals surface area contributed by atoms with E-state index in [1.165, 1.54) is 6.42 Å². The van der Waals surface area contributed by atoms with Crippen LogP contribution in [-0.4, -0.2) is 43.6 Å². The van der Waals surface area contributed by atoms with Crippen molar-refractivity contribution in [2.75, 3.05) is 26.7 Å². The summed E-state index contributed by atoms with van der Waals surface area (Å²) < 4.78 is 0. The number of hydrogen-bond donors (Lipinski definition) is 2. The third-order valence-electron chi connectivity index (χ3n) is 2.91. The lowest BCUT2D eigenvalue weighted by atomic mass is 10.2. The first-order valence-corrected chi connectivity index (χ1v) is 6.35. The second-order valence-corrected chi connectivity index (χ2v) is 4.29. The fourth-order valence-corrected chi connectivity index (χ4v) is 1.31. The Balaban J connectivity index is 0. The maximum atomic E-state index is 5.73. The molecule has 1 atom stereocenters. The number of rotatable bonds is 8. The van der Waals surface area contributed by atoms with Gasteiger partial charge in [0.25, 0.3) is 0 Å². The smallest absolute Gasteiger partial charge is 0.188 e. The highest BCUT2D eigenvalue weighted by molar-refractivity contribution is 14.0. The highest BCUT2D eigenvalue weighted by Crippen LogP contribution is 1.97.